The van der Waals surface area contributed by atoms with E-state index >= 15 is 0 Å². The zero-order valence-corrected chi connectivity index (χ0v) is 10.9. The van der Waals surface area contributed by atoms with E-state index < -0.39 is 17.8 Å². The minimum atomic E-state index is -0.901. The average molecular weight is 252 g/mol. The molecule has 0 aromatic heterocycles. The van der Waals surface area contributed by atoms with Gasteiger partial charge in [-0.1, -0.05) is 6.07 Å². The Morgan fingerprint density at radius 1 is 1.33 bits per heavy atom. The number of rotatable bonds is 3. The van der Waals surface area contributed by atoms with Gasteiger partial charge >= 0.3 is 0 Å². The fourth-order valence-electron chi connectivity index (χ4n) is 2.12. The number of hydrogen-bond donors (Lipinski definition) is 3. The van der Waals surface area contributed by atoms with E-state index in [2.05, 4.69) is 0 Å². The minimum absolute atomic E-state index is 0.272. The fraction of sp³-hybridized carbons (Fsp3) is 0.571. The zero-order chi connectivity index (χ0) is 13.5. The molecule has 1 aromatic carbocycles. The highest BCUT2D eigenvalue weighted by Crippen LogP contribution is 2.35. The molecule has 1 aromatic rings. The molecule has 3 N–H and O–H groups in total. The lowest BCUT2D eigenvalue weighted by Gasteiger charge is -2.24. The first-order valence-electron chi connectivity index (χ1n) is 6.17. The van der Waals surface area contributed by atoms with Gasteiger partial charge in [-0.05, 0) is 44.0 Å². The molecule has 3 atom stereocenters. The van der Waals surface area contributed by atoms with Crippen LogP contribution in [-0.2, 0) is 6.42 Å². The molecule has 18 heavy (non-hydrogen) atoms. The summed E-state index contributed by atoms with van der Waals surface area (Å²) in [5.74, 6) is 0.740. The van der Waals surface area contributed by atoms with Gasteiger partial charge in [0.1, 0.15) is 18.0 Å². The SMILES string of the molecule is CC(O)C(O)c1ccc2c(c1)CC(C(C)(C)O)O2. The van der Waals surface area contributed by atoms with Gasteiger partial charge in [0.25, 0.3) is 0 Å². The van der Waals surface area contributed by atoms with E-state index in [-0.39, 0.29) is 6.10 Å². The summed E-state index contributed by atoms with van der Waals surface area (Å²) in [6.07, 6.45) is -1.36. The molecule has 1 heterocycles. The molecule has 0 aliphatic carbocycles. The summed E-state index contributed by atoms with van der Waals surface area (Å²) in [6.45, 7) is 4.98. The molecule has 4 nitrogen and oxygen atoms in total. The van der Waals surface area contributed by atoms with E-state index in [1.807, 2.05) is 6.07 Å². The molecular weight excluding hydrogens is 232 g/mol. The summed E-state index contributed by atoms with van der Waals surface area (Å²) in [6, 6.07) is 5.35. The van der Waals surface area contributed by atoms with Crippen LogP contribution in [0.3, 0.4) is 0 Å². The van der Waals surface area contributed by atoms with Crippen molar-refractivity contribution in [1.82, 2.24) is 0 Å². The van der Waals surface area contributed by atoms with Gasteiger partial charge in [0, 0.05) is 6.42 Å². The van der Waals surface area contributed by atoms with Crippen molar-refractivity contribution in [1.29, 1.82) is 0 Å². The quantitative estimate of drug-likeness (QED) is 0.755. The number of aliphatic hydroxyl groups excluding tert-OH is 2. The first-order chi connectivity index (χ1) is 8.29. The molecule has 1 aliphatic heterocycles. The van der Waals surface area contributed by atoms with Gasteiger partial charge in [0.05, 0.1) is 11.7 Å². The third kappa shape index (κ3) is 2.51. The average Bonchev–Trinajstić information content (AvgIpc) is 2.69. The lowest BCUT2D eigenvalue weighted by molar-refractivity contribution is -0.0229. The molecule has 0 fully saturated rings. The molecule has 2 rings (SSSR count). The lowest BCUT2D eigenvalue weighted by atomic mass is 9.95. The Balaban J connectivity index is 2.22. The van der Waals surface area contributed by atoms with Gasteiger partial charge in [-0.3, -0.25) is 0 Å². The Morgan fingerprint density at radius 3 is 2.56 bits per heavy atom. The summed E-state index contributed by atoms with van der Waals surface area (Å²) < 4.78 is 5.67. The second-order valence-electron chi connectivity index (χ2n) is 5.52. The largest absolute Gasteiger partial charge is 0.487 e. The highest BCUT2D eigenvalue weighted by Gasteiger charge is 2.35. The van der Waals surface area contributed by atoms with Crippen molar-refractivity contribution in [2.24, 2.45) is 0 Å². The van der Waals surface area contributed by atoms with Gasteiger partial charge in [0.2, 0.25) is 0 Å². The molecule has 3 unspecified atom stereocenters. The summed E-state index contributed by atoms with van der Waals surface area (Å²) in [4.78, 5) is 0. The summed E-state index contributed by atoms with van der Waals surface area (Å²) >= 11 is 0. The van der Waals surface area contributed by atoms with E-state index in [9.17, 15) is 15.3 Å². The second kappa shape index (κ2) is 4.53. The van der Waals surface area contributed by atoms with Gasteiger partial charge in [-0.2, -0.15) is 0 Å². The Labute approximate surface area is 107 Å². The number of fused-ring (bicyclic) bond motifs is 1. The van der Waals surface area contributed by atoms with Crippen LogP contribution in [0.25, 0.3) is 0 Å². The molecule has 100 valence electrons. The number of aliphatic hydroxyl groups is 3. The van der Waals surface area contributed by atoms with Crippen LogP contribution < -0.4 is 4.74 Å². The summed E-state index contributed by atoms with van der Waals surface area (Å²) in [7, 11) is 0. The molecule has 4 heteroatoms. The Hall–Kier alpha value is -1.10. The maximum atomic E-state index is 9.94. The van der Waals surface area contributed by atoms with Crippen molar-refractivity contribution in [3.8, 4) is 5.75 Å². The second-order valence-corrected chi connectivity index (χ2v) is 5.52. The predicted octanol–water partition coefficient (Wildman–Crippen LogP) is 1.18. The molecular formula is C14H20O4. The fourth-order valence-corrected chi connectivity index (χ4v) is 2.12. The molecule has 0 amide bonds. The summed E-state index contributed by atoms with van der Waals surface area (Å²) in [5, 5.41) is 29.1. The lowest BCUT2D eigenvalue weighted by Crippen LogP contribution is -2.39. The molecule has 0 radical (unpaired) electrons. The van der Waals surface area contributed by atoms with Crippen LogP contribution in [0.1, 0.15) is 38.0 Å². The maximum Gasteiger partial charge on any atom is 0.131 e. The van der Waals surface area contributed by atoms with Crippen LogP contribution in [0.2, 0.25) is 0 Å². The highest BCUT2D eigenvalue weighted by molar-refractivity contribution is 5.42. The van der Waals surface area contributed by atoms with Gasteiger partial charge < -0.3 is 20.1 Å². The zero-order valence-electron chi connectivity index (χ0n) is 10.9. The van der Waals surface area contributed by atoms with Crippen molar-refractivity contribution >= 4 is 0 Å². The normalized spacial score (nSPS) is 22.2. The van der Waals surface area contributed by atoms with Crippen molar-refractivity contribution in [2.45, 2.75) is 51.1 Å². The summed E-state index contributed by atoms with van der Waals surface area (Å²) in [5.41, 5.74) is 0.727. The monoisotopic (exact) mass is 252 g/mol. The Kier molecular flexibility index (Phi) is 3.36. The van der Waals surface area contributed by atoms with Crippen LogP contribution >= 0.6 is 0 Å². The predicted molar refractivity (Wildman–Crippen MR) is 67.5 cm³/mol. The minimum Gasteiger partial charge on any atom is -0.487 e. The van der Waals surface area contributed by atoms with Crippen LogP contribution in [0, 0.1) is 0 Å². The van der Waals surface area contributed by atoms with E-state index in [0.717, 1.165) is 11.3 Å². The smallest absolute Gasteiger partial charge is 0.131 e. The van der Waals surface area contributed by atoms with Crippen molar-refractivity contribution < 1.29 is 20.1 Å². The number of ether oxygens (including phenoxy) is 1. The third-order valence-corrected chi connectivity index (χ3v) is 3.35. The first-order valence-corrected chi connectivity index (χ1v) is 6.17. The molecule has 1 aliphatic rings. The van der Waals surface area contributed by atoms with Gasteiger partial charge in [-0.15, -0.1) is 0 Å². The number of hydrogen-bond acceptors (Lipinski definition) is 4. The molecule has 0 saturated heterocycles. The third-order valence-electron chi connectivity index (χ3n) is 3.35. The Morgan fingerprint density at radius 2 is 2.00 bits per heavy atom. The van der Waals surface area contributed by atoms with Crippen LogP contribution in [0.5, 0.6) is 5.75 Å². The van der Waals surface area contributed by atoms with Crippen molar-refractivity contribution in [3.63, 3.8) is 0 Å². The van der Waals surface area contributed by atoms with E-state index in [1.54, 1.807) is 32.9 Å². The highest BCUT2D eigenvalue weighted by atomic mass is 16.5. The van der Waals surface area contributed by atoms with Crippen molar-refractivity contribution in [3.05, 3.63) is 29.3 Å². The van der Waals surface area contributed by atoms with Gasteiger partial charge in [-0.25, -0.2) is 0 Å². The van der Waals surface area contributed by atoms with Gasteiger partial charge in [0.15, 0.2) is 0 Å². The van der Waals surface area contributed by atoms with E-state index in [4.69, 9.17) is 4.74 Å². The molecule has 0 saturated carbocycles. The number of benzene rings is 1. The molecule has 0 spiro atoms. The van der Waals surface area contributed by atoms with E-state index in [1.165, 1.54) is 0 Å². The first kappa shape index (κ1) is 13.3. The molecule has 0 bridgehead atoms. The van der Waals surface area contributed by atoms with Crippen LogP contribution in [-0.4, -0.2) is 33.1 Å². The Bertz CT molecular complexity index is 434. The standard InChI is InChI=1S/C14H20O4/c1-8(15)13(16)9-4-5-11-10(6-9)7-12(18-11)14(2,3)17/h4-6,8,12-13,15-17H,7H2,1-3H3. The van der Waals surface area contributed by atoms with E-state index in [0.29, 0.717) is 12.0 Å². The topological polar surface area (TPSA) is 69.9 Å². The van der Waals surface area contributed by atoms with Crippen molar-refractivity contribution in [2.75, 3.05) is 0 Å². The maximum absolute atomic E-state index is 9.94. The van der Waals surface area contributed by atoms with Crippen LogP contribution in [0.15, 0.2) is 18.2 Å². The van der Waals surface area contributed by atoms with Crippen LogP contribution in [0.4, 0.5) is 0 Å².